The molecule has 7 heteroatoms. The fourth-order valence-corrected chi connectivity index (χ4v) is 2.12. The van der Waals surface area contributed by atoms with Crippen molar-refractivity contribution >= 4 is 28.9 Å². The summed E-state index contributed by atoms with van der Waals surface area (Å²) in [7, 11) is 2.94. The van der Waals surface area contributed by atoms with Crippen molar-refractivity contribution in [1.82, 2.24) is 4.98 Å². The Morgan fingerprint density at radius 2 is 2.11 bits per heavy atom. The molecule has 0 unspecified atom stereocenters. The molecule has 0 amide bonds. The minimum Gasteiger partial charge on any atom is -0.470 e. The number of hydrogen-bond donors (Lipinski definition) is 0. The number of halogens is 1. The van der Waals surface area contributed by atoms with Crippen molar-refractivity contribution in [3.05, 3.63) is 10.0 Å². The molecule has 5 nitrogen and oxygen atoms in total. The zero-order valence-corrected chi connectivity index (χ0v) is 12.4. The van der Waals surface area contributed by atoms with Gasteiger partial charge in [0, 0.05) is 13.5 Å². The van der Waals surface area contributed by atoms with Gasteiger partial charge in [-0.2, -0.15) is 4.98 Å². The molecule has 0 aliphatic heterocycles. The normalized spacial score (nSPS) is 11.4. The summed E-state index contributed by atoms with van der Waals surface area (Å²) >= 11 is 6.88. The van der Waals surface area contributed by atoms with Crippen LogP contribution in [0.2, 0.25) is 5.15 Å². The van der Waals surface area contributed by atoms with Gasteiger partial charge in [0.1, 0.15) is 0 Å². The average Bonchev–Trinajstić information content (AvgIpc) is 2.69. The first kappa shape index (κ1) is 15.2. The molecule has 0 aliphatic carbocycles. The van der Waals surface area contributed by atoms with Crippen LogP contribution >= 0.6 is 22.9 Å². The number of ether oxygens (including phenoxy) is 3. The van der Waals surface area contributed by atoms with Gasteiger partial charge in [-0.3, -0.25) is 0 Å². The molecule has 102 valence electrons. The summed E-state index contributed by atoms with van der Waals surface area (Å²) in [4.78, 5) is 15.5. The van der Waals surface area contributed by atoms with Gasteiger partial charge in [0.15, 0.2) is 10.0 Å². The standard InChI is InChI=1S/C11H16ClNO4S/c1-11(2,16-4)5-6-17-10-13-8(12)7(18-10)9(14)15-3/h5-6H2,1-4H3. The topological polar surface area (TPSA) is 57.7 Å². The zero-order chi connectivity index (χ0) is 13.8. The van der Waals surface area contributed by atoms with Gasteiger partial charge in [-0.05, 0) is 13.8 Å². The largest absolute Gasteiger partial charge is 0.470 e. The molecule has 18 heavy (non-hydrogen) atoms. The second-order valence-corrected chi connectivity index (χ2v) is 5.47. The first-order chi connectivity index (χ1) is 8.39. The van der Waals surface area contributed by atoms with E-state index in [4.69, 9.17) is 21.1 Å². The second-order valence-electron chi connectivity index (χ2n) is 4.15. The predicted octanol–water partition coefficient (Wildman–Crippen LogP) is 2.78. The van der Waals surface area contributed by atoms with Crippen LogP contribution in [0.1, 0.15) is 29.9 Å². The van der Waals surface area contributed by atoms with Gasteiger partial charge in [0.25, 0.3) is 5.19 Å². The van der Waals surface area contributed by atoms with E-state index in [-0.39, 0.29) is 15.6 Å². The van der Waals surface area contributed by atoms with Crippen molar-refractivity contribution in [1.29, 1.82) is 0 Å². The number of carbonyl (C=O) groups is 1. The summed E-state index contributed by atoms with van der Waals surface area (Å²) in [6, 6.07) is 0. The number of hydrogen-bond acceptors (Lipinski definition) is 6. The lowest BCUT2D eigenvalue weighted by Gasteiger charge is -2.22. The van der Waals surface area contributed by atoms with Crippen LogP contribution in [0.25, 0.3) is 0 Å². The molecular formula is C11H16ClNO4S. The highest BCUT2D eigenvalue weighted by atomic mass is 35.5. The Hall–Kier alpha value is -0.850. The van der Waals surface area contributed by atoms with E-state index in [1.165, 1.54) is 7.11 Å². The van der Waals surface area contributed by atoms with E-state index in [0.29, 0.717) is 18.2 Å². The van der Waals surface area contributed by atoms with Crippen LogP contribution in [0.3, 0.4) is 0 Å². The Labute approximate surface area is 115 Å². The summed E-state index contributed by atoms with van der Waals surface area (Å²) < 4.78 is 15.3. The van der Waals surface area contributed by atoms with E-state index >= 15 is 0 Å². The Morgan fingerprint density at radius 3 is 2.67 bits per heavy atom. The Morgan fingerprint density at radius 1 is 1.44 bits per heavy atom. The van der Waals surface area contributed by atoms with Crippen molar-refractivity contribution in [2.75, 3.05) is 20.8 Å². The highest BCUT2D eigenvalue weighted by Gasteiger charge is 2.20. The van der Waals surface area contributed by atoms with Gasteiger partial charge in [0.2, 0.25) is 0 Å². The highest BCUT2D eigenvalue weighted by Crippen LogP contribution is 2.29. The van der Waals surface area contributed by atoms with Gasteiger partial charge in [-0.1, -0.05) is 22.9 Å². The van der Waals surface area contributed by atoms with E-state index in [1.54, 1.807) is 7.11 Å². The van der Waals surface area contributed by atoms with E-state index in [9.17, 15) is 4.79 Å². The van der Waals surface area contributed by atoms with E-state index in [1.807, 2.05) is 13.8 Å². The molecule has 0 spiro atoms. The van der Waals surface area contributed by atoms with E-state index < -0.39 is 5.97 Å². The summed E-state index contributed by atoms with van der Waals surface area (Å²) in [5.41, 5.74) is -0.258. The lowest BCUT2D eigenvalue weighted by molar-refractivity contribution is 0.00543. The number of carbonyl (C=O) groups excluding carboxylic acids is 1. The summed E-state index contributed by atoms with van der Waals surface area (Å²) in [6.07, 6.45) is 0.703. The highest BCUT2D eigenvalue weighted by molar-refractivity contribution is 7.15. The van der Waals surface area contributed by atoms with Crippen molar-refractivity contribution in [3.63, 3.8) is 0 Å². The van der Waals surface area contributed by atoms with E-state index in [0.717, 1.165) is 11.3 Å². The molecule has 0 bridgehead atoms. The van der Waals surface area contributed by atoms with Crippen LogP contribution in [0.15, 0.2) is 0 Å². The molecule has 0 radical (unpaired) electrons. The first-order valence-electron chi connectivity index (χ1n) is 5.32. The molecule has 0 N–H and O–H groups in total. The van der Waals surface area contributed by atoms with Crippen molar-refractivity contribution in [3.8, 4) is 5.19 Å². The number of rotatable bonds is 6. The summed E-state index contributed by atoms with van der Waals surface area (Å²) in [6.45, 7) is 4.36. The maximum Gasteiger partial charge on any atom is 0.351 e. The first-order valence-corrected chi connectivity index (χ1v) is 6.51. The minimum atomic E-state index is -0.510. The molecule has 0 fully saturated rings. The van der Waals surface area contributed by atoms with Crippen LogP contribution in [-0.2, 0) is 9.47 Å². The third-order valence-corrected chi connectivity index (χ3v) is 3.75. The molecule has 1 aromatic rings. The third-order valence-electron chi connectivity index (χ3n) is 2.42. The number of esters is 1. The molecule has 0 saturated carbocycles. The lowest BCUT2D eigenvalue weighted by atomic mass is 10.1. The quantitative estimate of drug-likeness (QED) is 0.755. The predicted molar refractivity (Wildman–Crippen MR) is 69.7 cm³/mol. The maximum absolute atomic E-state index is 11.3. The van der Waals surface area contributed by atoms with Gasteiger partial charge in [-0.25, -0.2) is 4.79 Å². The Balaban J connectivity index is 2.57. The molecule has 0 saturated heterocycles. The second kappa shape index (κ2) is 6.36. The van der Waals surface area contributed by atoms with Gasteiger partial charge in [-0.15, -0.1) is 0 Å². The van der Waals surface area contributed by atoms with Crippen molar-refractivity contribution < 1.29 is 19.0 Å². The SMILES string of the molecule is COC(=O)c1sc(OCCC(C)(C)OC)nc1Cl. The van der Waals surface area contributed by atoms with Crippen molar-refractivity contribution in [2.45, 2.75) is 25.9 Å². The lowest BCUT2D eigenvalue weighted by Crippen LogP contribution is -2.25. The minimum absolute atomic E-state index is 0.104. The van der Waals surface area contributed by atoms with Crippen LogP contribution in [0.5, 0.6) is 5.19 Å². The summed E-state index contributed by atoms with van der Waals surface area (Å²) in [5.74, 6) is -0.510. The number of aromatic nitrogens is 1. The molecule has 0 aromatic carbocycles. The average molecular weight is 294 g/mol. The van der Waals surface area contributed by atoms with Crippen LogP contribution in [-0.4, -0.2) is 37.4 Å². The number of nitrogens with zero attached hydrogens (tertiary/aromatic N) is 1. The van der Waals surface area contributed by atoms with E-state index in [2.05, 4.69) is 9.72 Å². The molecule has 0 atom stereocenters. The molecule has 1 rings (SSSR count). The third kappa shape index (κ3) is 4.12. The van der Waals surface area contributed by atoms with Gasteiger partial charge >= 0.3 is 5.97 Å². The van der Waals surface area contributed by atoms with Crippen LogP contribution in [0, 0.1) is 0 Å². The maximum atomic E-state index is 11.3. The van der Waals surface area contributed by atoms with Gasteiger partial charge in [0.05, 0.1) is 19.3 Å². The van der Waals surface area contributed by atoms with Crippen LogP contribution in [0.4, 0.5) is 0 Å². The van der Waals surface area contributed by atoms with Crippen LogP contribution < -0.4 is 4.74 Å². The zero-order valence-electron chi connectivity index (χ0n) is 10.8. The Kier molecular flexibility index (Phi) is 5.37. The smallest absolute Gasteiger partial charge is 0.351 e. The number of thiazole rings is 1. The molecular weight excluding hydrogens is 278 g/mol. The molecule has 1 aromatic heterocycles. The fourth-order valence-electron chi connectivity index (χ4n) is 1.05. The monoisotopic (exact) mass is 293 g/mol. The number of methoxy groups -OCH3 is 2. The summed E-state index contributed by atoms with van der Waals surface area (Å²) in [5, 5.41) is 0.458. The fraction of sp³-hybridized carbons (Fsp3) is 0.636. The molecule has 1 heterocycles. The van der Waals surface area contributed by atoms with Crippen molar-refractivity contribution in [2.24, 2.45) is 0 Å². The van der Waals surface area contributed by atoms with Gasteiger partial charge < -0.3 is 14.2 Å². The Bertz CT molecular complexity index is 419. The molecule has 0 aliphatic rings.